The second-order valence-electron chi connectivity index (χ2n) is 11.0. The summed E-state index contributed by atoms with van der Waals surface area (Å²) in [5, 5.41) is 16.1. The molecule has 3 aliphatic heterocycles. The number of halogens is 3. The van der Waals surface area contributed by atoms with Gasteiger partial charge >= 0.3 is 11.9 Å². The lowest BCUT2D eigenvalue weighted by atomic mass is 9.92. The maximum absolute atomic E-state index is 15.6. The predicted octanol–water partition coefficient (Wildman–Crippen LogP) is 3.31. The van der Waals surface area contributed by atoms with Gasteiger partial charge in [0.1, 0.15) is 17.9 Å². The molecule has 0 amide bonds. The number of ether oxygens (including phenoxy) is 2. The SMILES string of the molecule is CCOC(=O)C1=C(CN2CC(F)(F)[C@H]3[C@@H]2CON3CC[C@](C)(OC)C(=O)O)NC(c2nccs2)=N[C@H]1c1cccc(F)c1C. The number of nitrogens with one attached hydrogen (secondary N) is 1. The van der Waals surface area contributed by atoms with Crippen LogP contribution in [0.1, 0.15) is 42.4 Å². The number of hydrogen-bond donors (Lipinski definition) is 2. The van der Waals surface area contributed by atoms with Crippen LogP contribution < -0.4 is 5.32 Å². The first-order valence-corrected chi connectivity index (χ1v) is 15.0. The van der Waals surface area contributed by atoms with Crippen LogP contribution in [0.5, 0.6) is 0 Å². The van der Waals surface area contributed by atoms with Crippen LogP contribution in [0.25, 0.3) is 0 Å². The van der Waals surface area contributed by atoms with Crippen molar-refractivity contribution in [2.75, 3.05) is 40.0 Å². The van der Waals surface area contributed by atoms with Crippen molar-refractivity contribution in [1.82, 2.24) is 20.3 Å². The molecule has 5 rings (SSSR count). The normalized spacial score (nSPS) is 24.9. The molecule has 44 heavy (non-hydrogen) atoms. The number of methoxy groups -OCH3 is 1. The lowest BCUT2D eigenvalue weighted by Crippen LogP contribution is -2.48. The first-order valence-electron chi connectivity index (χ1n) is 14.1. The first-order chi connectivity index (χ1) is 20.9. The van der Waals surface area contributed by atoms with Gasteiger partial charge in [-0.25, -0.2) is 27.7 Å². The molecular weight excluding hydrogens is 603 g/mol. The smallest absolute Gasteiger partial charge is 0.338 e. The zero-order valence-corrected chi connectivity index (χ0v) is 25.5. The average Bonchev–Trinajstić information content (AvgIpc) is 3.72. The minimum atomic E-state index is -3.22. The summed E-state index contributed by atoms with van der Waals surface area (Å²) < 4.78 is 56.5. The number of benzene rings is 1. The van der Waals surface area contributed by atoms with Gasteiger partial charge in [-0.2, -0.15) is 5.06 Å². The van der Waals surface area contributed by atoms with Crippen LogP contribution >= 0.6 is 11.3 Å². The number of esters is 1. The molecule has 0 saturated carbocycles. The van der Waals surface area contributed by atoms with Crippen LogP contribution in [-0.2, 0) is 23.9 Å². The van der Waals surface area contributed by atoms with Gasteiger partial charge in [-0.3, -0.25) is 14.7 Å². The van der Waals surface area contributed by atoms with Crippen molar-refractivity contribution in [2.24, 2.45) is 4.99 Å². The number of carbonyl (C=O) groups is 2. The van der Waals surface area contributed by atoms with E-state index in [0.717, 1.165) is 5.06 Å². The van der Waals surface area contributed by atoms with E-state index in [1.54, 1.807) is 31.5 Å². The van der Waals surface area contributed by atoms with Crippen molar-refractivity contribution in [1.29, 1.82) is 0 Å². The topological polar surface area (TPSA) is 126 Å². The number of hydroxylamine groups is 2. The summed E-state index contributed by atoms with van der Waals surface area (Å²) >= 11 is 1.30. The Morgan fingerprint density at radius 2 is 2.11 bits per heavy atom. The predicted molar refractivity (Wildman–Crippen MR) is 154 cm³/mol. The van der Waals surface area contributed by atoms with E-state index >= 15 is 8.78 Å². The summed E-state index contributed by atoms with van der Waals surface area (Å²) in [5.74, 6) is -5.30. The molecule has 2 fully saturated rings. The van der Waals surface area contributed by atoms with Gasteiger partial charge in [-0.15, -0.1) is 11.3 Å². The highest BCUT2D eigenvalue weighted by atomic mass is 32.1. The van der Waals surface area contributed by atoms with Gasteiger partial charge < -0.3 is 19.9 Å². The first kappa shape index (κ1) is 32.0. The third-order valence-electron chi connectivity index (χ3n) is 8.34. The number of carboxylic acid groups (broad SMARTS) is 1. The Morgan fingerprint density at radius 3 is 2.77 bits per heavy atom. The quantitative estimate of drug-likeness (QED) is 0.355. The standard InChI is InChI=1S/C29H34F3N5O6S/c1-5-42-26(38)21-19(34-24(25-33-10-12-44-25)35-22(21)17-7-6-8-18(30)16(17)2)13-36-15-29(31,32)23-20(36)14-43-37(23)11-9-28(3,41-4)27(39)40/h6-8,10,12,20,22-23H,5,9,11,13-15H2,1-4H3,(H,34,35)(H,39,40)/t20-,22-,23+,28-/m0/s1. The van der Waals surface area contributed by atoms with Crippen LogP contribution in [0.3, 0.4) is 0 Å². The number of nitrogens with zero attached hydrogens (tertiary/aromatic N) is 4. The average molecular weight is 638 g/mol. The van der Waals surface area contributed by atoms with Gasteiger partial charge in [-0.1, -0.05) is 12.1 Å². The molecule has 0 spiro atoms. The van der Waals surface area contributed by atoms with Crippen LogP contribution in [0, 0.1) is 12.7 Å². The Kier molecular flexibility index (Phi) is 9.14. The number of carbonyl (C=O) groups excluding carboxylic acids is 1. The summed E-state index contributed by atoms with van der Waals surface area (Å²) in [6.07, 6.45) is 1.51. The van der Waals surface area contributed by atoms with E-state index in [2.05, 4.69) is 10.3 Å². The second kappa shape index (κ2) is 12.6. The number of aromatic nitrogens is 1. The summed E-state index contributed by atoms with van der Waals surface area (Å²) in [6, 6.07) is 1.37. The monoisotopic (exact) mass is 637 g/mol. The fourth-order valence-electron chi connectivity index (χ4n) is 5.78. The number of rotatable bonds is 11. The van der Waals surface area contributed by atoms with Gasteiger partial charge in [0.25, 0.3) is 5.92 Å². The Balaban J connectivity index is 1.50. The summed E-state index contributed by atoms with van der Waals surface area (Å²) in [5.41, 5.74) is -0.484. The van der Waals surface area contributed by atoms with Crippen molar-refractivity contribution in [3.05, 3.63) is 63.0 Å². The molecule has 1 aromatic heterocycles. The summed E-state index contributed by atoms with van der Waals surface area (Å²) in [6.45, 7) is 3.73. The Morgan fingerprint density at radius 1 is 1.34 bits per heavy atom. The van der Waals surface area contributed by atoms with Crippen molar-refractivity contribution in [3.8, 4) is 0 Å². The minimum absolute atomic E-state index is 0.0551. The van der Waals surface area contributed by atoms with Gasteiger partial charge in [0.05, 0.1) is 31.4 Å². The van der Waals surface area contributed by atoms with E-state index in [-0.39, 0.29) is 44.0 Å². The van der Waals surface area contributed by atoms with E-state index in [0.29, 0.717) is 22.0 Å². The van der Waals surface area contributed by atoms with Crippen molar-refractivity contribution < 1.29 is 42.2 Å². The van der Waals surface area contributed by atoms with E-state index in [1.165, 1.54) is 42.4 Å². The third kappa shape index (κ3) is 5.98. The fraction of sp³-hybridized carbons (Fsp3) is 0.517. The molecule has 2 saturated heterocycles. The van der Waals surface area contributed by atoms with E-state index in [1.807, 2.05) is 0 Å². The number of thiazole rings is 1. The highest BCUT2D eigenvalue weighted by Crippen LogP contribution is 2.42. The summed E-state index contributed by atoms with van der Waals surface area (Å²) in [4.78, 5) is 41.4. The molecule has 2 N–H and O–H groups in total. The minimum Gasteiger partial charge on any atom is -0.479 e. The molecule has 0 radical (unpaired) electrons. The van der Waals surface area contributed by atoms with Gasteiger partial charge in [0, 0.05) is 43.9 Å². The number of hydrogen-bond acceptors (Lipinski definition) is 11. The van der Waals surface area contributed by atoms with Gasteiger partial charge in [-0.05, 0) is 38.0 Å². The molecule has 0 bridgehead atoms. The van der Waals surface area contributed by atoms with E-state index in [9.17, 15) is 19.1 Å². The lowest BCUT2D eigenvalue weighted by molar-refractivity contribution is -0.192. The maximum Gasteiger partial charge on any atom is 0.338 e. The molecule has 238 valence electrons. The number of amidine groups is 1. The highest BCUT2D eigenvalue weighted by molar-refractivity contribution is 7.11. The number of aliphatic imine (C=N–C) groups is 1. The van der Waals surface area contributed by atoms with E-state index in [4.69, 9.17) is 19.3 Å². The van der Waals surface area contributed by atoms with Crippen molar-refractivity contribution in [2.45, 2.75) is 56.8 Å². The van der Waals surface area contributed by atoms with Crippen LogP contribution in [0.2, 0.25) is 0 Å². The van der Waals surface area contributed by atoms with Gasteiger partial charge in [0.15, 0.2) is 16.4 Å². The zero-order chi connectivity index (χ0) is 31.8. The Hall–Kier alpha value is -3.37. The molecule has 0 unspecified atom stereocenters. The number of alkyl halides is 2. The van der Waals surface area contributed by atoms with Crippen molar-refractivity contribution in [3.63, 3.8) is 0 Å². The molecular formula is C29H34F3N5O6S. The molecule has 15 heteroatoms. The molecule has 4 heterocycles. The van der Waals surface area contributed by atoms with Crippen LogP contribution in [0.4, 0.5) is 13.2 Å². The number of carboxylic acids is 1. The second-order valence-corrected chi connectivity index (χ2v) is 11.9. The number of fused-ring (bicyclic) bond motifs is 1. The number of aliphatic carboxylic acids is 1. The van der Waals surface area contributed by atoms with E-state index < -0.39 is 53.9 Å². The number of likely N-dealkylation sites (tertiary alicyclic amines) is 1. The lowest BCUT2D eigenvalue weighted by Gasteiger charge is -2.31. The third-order valence-corrected chi connectivity index (χ3v) is 9.12. The van der Waals surface area contributed by atoms with Crippen molar-refractivity contribution >= 4 is 29.1 Å². The van der Waals surface area contributed by atoms with Gasteiger partial charge in [0.2, 0.25) is 0 Å². The maximum atomic E-state index is 15.6. The largest absolute Gasteiger partial charge is 0.479 e. The Labute approximate surface area is 256 Å². The fourth-order valence-corrected chi connectivity index (χ4v) is 6.37. The molecule has 1 aromatic carbocycles. The van der Waals surface area contributed by atoms with Crippen LogP contribution in [0.15, 0.2) is 46.0 Å². The summed E-state index contributed by atoms with van der Waals surface area (Å²) in [7, 11) is 1.25. The molecule has 3 aliphatic rings. The van der Waals surface area contributed by atoms with Crippen LogP contribution in [-0.4, -0.2) is 101 Å². The highest BCUT2D eigenvalue weighted by Gasteiger charge is 2.61. The zero-order valence-electron chi connectivity index (χ0n) is 24.7. The molecule has 4 atom stereocenters. The molecule has 11 nitrogen and oxygen atoms in total. The Bertz CT molecular complexity index is 1470. The molecule has 0 aliphatic carbocycles. The molecule has 2 aromatic rings.